The van der Waals surface area contributed by atoms with Crippen LogP contribution in [0.1, 0.15) is 41.0 Å². The molecule has 0 rings (SSSR count). The fraction of sp³-hybridized carbons (Fsp3) is 0.909. The van der Waals surface area contributed by atoms with Crippen molar-refractivity contribution >= 4 is 15.7 Å². The summed E-state index contributed by atoms with van der Waals surface area (Å²) in [5.41, 5.74) is -0.0684. The maximum absolute atomic E-state index is 11.4. The van der Waals surface area contributed by atoms with Crippen molar-refractivity contribution < 1.29 is 13.2 Å². The minimum atomic E-state index is -3.05. The van der Waals surface area contributed by atoms with E-state index in [4.69, 9.17) is 0 Å². The normalized spacial score (nSPS) is 12.9. The molecule has 0 aromatic carbocycles. The van der Waals surface area contributed by atoms with Crippen LogP contribution in [-0.4, -0.2) is 31.9 Å². The van der Waals surface area contributed by atoms with Gasteiger partial charge < -0.3 is 5.32 Å². The molecule has 0 radical (unpaired) electrons. The Labute approximate surface area is 98.7 Å². The van der Waals surface area contributed by atoms with Crippen molar-refractivity contribution in [2.45, 2.75) is 46.3 Å². The predicted octanol–water partition coefficient (Wildman–Crippen LogP) is 1.36. The minimum absolute atomic E-state index is 0.0144. The molecule has 0 aliphatic heterocycles. The lowest BCUT2D eigenvalue weighted by Gasteiger charge is -2.17. The zero-order valence-corrected chi connectivity index (χ0v) is 11.6. The van der Waals surface area contributed by atoms with E-state index in [1.54, 1.807) is 13.8 Å². The number of amides is 1. The zero-order valence-electron chi connectivity index (χ0n) is 10.8. The van der Waals surface area contributed by atoms with Crippen LogP contribution in [0, 0.1) is 5.41 Å². The monoisotopic (exact) mass is 249 g/mol. The van der Waals surface area contributed by atoms with E-state index in [9.17, 15) is 13.2 Å². The Bertz CT molecular complexity index is 326. The summed E-state index contributed by atoms with van der Waals surface area (Å²) in [4.78, 5) is 11.4. The number of nitrogens with one attached hydrogen (secondary N) is 1. The molecule has 0 atom stereocenters. The average molecular weight is 249 g/mol. The van der Waals surface area contributed by atoms with Gasteiger partial charge in [-0.2, -0.15) is 0 Å². The highest BCUT2D eigenvalue weighted by atomic mass is 32.2. The lowest BCUT2D eigenvalue weighted by molar-refractivity contribution is -0.122. The van der Waals surface area contributed by atoms with Crippen LogP contribution in [0.4, 0.5) is 0 Å². The van der Waals surface area contributed by atoms with Crippen molar-refractivity contribution in [3.63, 3.8) is 0 Å². The van der Waals surface area contributed by atoms with Crippen LogP contribution in [0.3, 0.4) is 0 Å². The van der Waals surface area contributed by atoms with Crippen molar-refractivity contribution in [2.75, 3.05) is 12.3 Å². The quantitative estimate of drug-likeness (QED) is 0.800. The van der Waals surface area contributed by atoms with E-state index < -0.39 is 9.84 Å². The van der Waals surface area contributed by atoms with E-state index in [-0.39, 0.29) is 28.9 Å². The van der Waals surface area contributed by atoms with Crippen LogP contribution in [0.15, 0.2) is 0 Å². The van der Waals surface area contributed by atoms with Crippen molar-refractivity contribution in [1.29, 1.82) is 0 Å². The molecule has 1 N–H and O–H groups in total. The molecule has 0 heterocycles. The van der Waals surface area contributed by atoms with Gasteiger partial charge in [0.1, 0.15) is 0 Å². The highest BCUT2D eigenvalue weighted by Crippen LogP contribution is 2.17. The number of hydrogen-bond donors (Lipinski definition) is 1. The second-order valence-corrected chi connectivity index (χ2v) is 8.18. The van der Waals surface area contributed by atoms with E-state index in [1.165, 1.54) is 0 Å². The highest BCUT2D eigenvalue weighted by Gasteiger charge is 2.18. The van der Waals surface area contributed by atoms with Gasteiger partial charge in [0.2, 0.25) is 5.91 Å². The fourth-order valence-corrected chi connectivity index (χ4v) is 1.97. The number of rotatable bonds is 5. The Balaban J connectivity index is 3.97. The maximum Gasteiger partial charge on any atom is 0.220 e. The molecule has 0 bridgehead atoms. The summed E-state index contributed by atoms with van der Waals surface area (Å²) in [6.45, 7) is 9.40. The van der Waals surface area contributed by atoms with Gasteiger partial charge in [0.05, 0.1) is 11.0 Å². The van der Waals surface area contributed by atoms with Crippen molar-refractivity contribution in [3.05, 3.63) is 0 Å². The summed E-state index contributed by atoms with van der Waals surface area (Å²) in [6.07, 6.45) is 0.411. The number of carbonyl (C=O) groups is 1. The van der Waals surface area contributed by atoms with Gasteiger partial charge in [-0.3, -0.25) is 4.79 Å². The van der Waals surface area contributed by atoms with Crippen molar-refractivity contribution in [3.8, 4) is 0 Å². The first kappa shape index (κ1) is 15.4. The zero-order chi connectivity index (χ0) is 13.0. The van der Waals surface area contributed by atoms with Gasteiger partial charge >= 0.3 is 0 Å². The summed E-state index contributed by atoms with van der Waals surface area (Å²) < 4.78 is 22.9. The summed E-state index contributed by atoms with van der Waals surface area (Å²) >= 11 is 0. The number of carbonyl (C=O) groups excluding carboxylic acids is 1. The van der Waals surface area contributed by atoms with E-state index in [1.807, 2.05) is 20.8 Å². The third-order valence-corrected chi connectivity index (χ3v) is 4.33. The van der Waals surface area contributed by atoms with Crippen molar-refractivity contribution in [2.24, 2.45) is 5.41 Å². The summed E-state index contributed by atoms with van der Waals surface area (Å²) in [6, 6.07) is 0. The van der Waals surface area contributed by atoms with E-state index >= 15 is 0 Å². The second kappa shape index (κ2) is 5.66. The van der Waals surface area contributed by atoms with Gasteiger partial charge in [-0.25, -0.2) is 8.42 Å². The molecule has 16 heavy (non-hydrogen) atoms. The molecular formula is C11H23NO3S. The van der Waals surface area contributed by atoms with Gasteiger partial charge in [-0.15, -0.1) is 0 Å². The highest BCUT2D eigenvalue weighted by molar-refractivity contribution is 7.92. The lowest BCUT2D eigenvalue weighted by atomic mass is 9.92. The topological polar surface area (TPSA) is 63.2 Å². The Kier molecular flexibility index (Phi) is 5.46. The van der Waals surface area contributed by atoms with E-state index in [0.29, 0.717) is 6.42 Å². The standard InChI is InChI=1S/C11H23NO3S/c1-9(2)16(14,15)7-6-12-10(13)8-11(3,4)5/h9H,6-8H2,1-5H3,(H,12,13). The summed E-state index contributed by atoms with van der Waals surface area (Å²) in [5.74, 6) is -0.0768. The van der Waals surface area contributed by atoms with E-state index in [0.717, 1.165) is 0 Å². The molecule has 0 aliphatic rings. The molecule has 0 spiro atoms. The first-order chi connectivity index (χ1) is 7.04. The first-order valence-corrected chi connectivity index (χ1v) is 7.24. The molecule has 0 aliphatic carbocycles. The molecular weight excluding hydrogens is 226 g/mol. The molecule has 0 saturated heterocycles. The Morgan fingerprint density at radius 2 is 1.75 bits per heavy atom. The molecule has 0 fully saturated rings. The van der Waals surface area contributed by atoms with Crippen LogP contribution in [-0.2, 0) is 14.6 Å². The van der Waals surface area contributed by atoms with Gasteiger partial charge in [0.25, 0.3) is 0 Å². The molecule has 5 heteroatoms. The van der Waals surface area contributed by atoms with Crippen LogP contribution >= 0.6 is 0 Å². The van der Waals surface area contributed by atoms with Crippen LogP contribution in [0.25, 0.3) is 0 Å². The molecule has 0 saturated carbocycles. The van der Waals surface area contributed by atoms with E-state index in [2.05, 4.69) is 5.32 Å². The van der Waals surface area contributed by atoms with Crippen LogP contribution < -0.4 is 5.32 Å². The predicted molar refractivity (Wildman–Crippen MR) is 66.0 cm³/mol. The third kappa shape index (κ3) is 6.82. The summed E-state index contributed by atoms with van der Waals surface area (Å²) in [7, 11) is -3.05. The third-order valence-electron chi connectivity index (χ3n) is 2.12. The van der Waals surface area contributed by atoms with Crippen LogP contribution in [0.2, 0.25) is 0 Å². The molecule has 4 nitrogen and oxygen atoms in total. The molecule has 0 aromatic heterocycles. The van der Waals surface area contributed by atoms with Gasteiger partial charge in [-0.1, -0.05) is 20.8 Å². The largest absolute Gasteiger partial charge is 0.355 e. The van der Waals surface area contributed by atoms with Gasteiger partial charge in [0.15, 0.2) is 9.84 Å². The molecule has 0 aromatic rings. The van der Waals surface area contributed by atoms with Gasteiger partial charge in [0, 0.05) is 13.0 Å². The summed E-state index contributed by atoms with van der Waals surface area (Å²) in [5, 5.41) is 2.25. The van der Waals surface area contributed by atoms with Gasteiger partial charge in [-0.05, 0) is 19.3 Å². The SMILES string of the molecule is CC(C)S(=O)(=O)CCNC(=O)CC(C)(C)C. The maximum atomic E-state index is 11.4. The fourth-order valence-electron chi connectivity index (χ4n) is 1.11. The number of hydrogen-bond acceptors (Lipinski definition) is 3. The first-order valence-electron chi connectivity index (χ1n) is 5.53. The Hall–Kier alpha value is -0.580. The number of sulfone groups is 1. The minimum Gasteiger partial charge on any atom is -0.355 e. The Morgan fingerprint density at radius 3 is 2.12 bits per heavy atom. The van der Waals surface area contributed by atoms with Crippen molar-refractivity contribution in [1.82, 2.24) is 5.32 Å². The second-order valence-electron chi connectivity index (χ2n) is 5.50. The Morgan fingerprint density at radius 1 is 1.25 bits per heavy atom. The molecule has 1 amide bonds. The van der Waals surface area contributed by atoms with Crippen LogP contribution in [0.5, 0.6) is 0 Å². The molecule has 0 unspecified atom stereocenters. The smallest absolute Gasteiger partial charge is 0.220 e. The average Bonchev–Trinajstić information content (AvgIpc) is 1.99. The lowest BCUT2D eigenvalue weighted by Crippen LogP contribution is -2.33. The molecule has 96 valence electrons.